The first-order chi connectivity index (χ1) is 11.6. The summed E-state index contributed by atoms with van der Waals surface area (Å²) < 4.78 is 7.23. The lowest BCUT2D eigenvalue weighted by Crippen LogP contribution is -2.30. The van der Waals surface area contributed by atoms with Crippen molar-refractivity contribution in [2.75, 3.05) is 13.1 Å². The summed E-state index contributed by atoms with van der Waals surface area (Å²) in [5, 5.41) is 14.1. The van der Waals surface area contributed by atoms with Crippen molar-refractivity contribution in [2.24, 2.45) is 5.92 Å². The van der Waals surface area contributed by atoms with Gasteiger partial charge >= 0.3 is 0 Å². The van der Waals surface area contributed by atoms with Gasteiger partial charge in [0, 0.05) is 63.3 Å². The minimum atomic E-state index is -0.515. The average molecular weight is 332 g/mol. The standard InChI is InChI=1S/C17H24N4O3/c1-3-16-18-5-7-20(16)6-4-17(23)21-10-13(15(22)11-21)9-14-8-12(2)19-24-14/h5,7-8,13,15,22H,3-4,6,9-11H2,1-2H3/t13-,15+/m1/s1. The molecule has 130 valence electrons. The molecule has 1 N–H and O–H groups in total. The minimum absolute atomic E-state index is 0.000692. The van der Waals surface area contributed by atoms with Crippen LogP contribution < -0.4 is 0 Å². The fraction of sp³-hybridized carbons (Fsp3) is 0.588. The quantitative estimate of drug-likeness (QED) is 0.859. The molecule has 7 heteroatoms. The van der Waals surface area contributed by atoms with Crippen molar-refractivity contribution < 1.29 is 14.4 Å². The predicted octanol–water partition coefficient (Wildman–Crippen LogP) is 1.19. The van der Waals surface area contributed by atoms with Crippen LogP contribution >= 0.6 is 0 Å². The number of hydrogen-bond acceptors (Lipinski definition) is 5. The topological polar surface area (TPSA) is 84.4 Å². The number of aromatic nitrogens is 3. The highest BCUT2D eigenvalue weighted by Gasteiger charge is 2.34. The van der Waals surface area contributed by atoms with Gasteiger partial charge in [0.1, 0.15) is 11.6 Å². The van der Waals surface area contributed by atoms with E-state index >= 15 is 0 Å². The van der Waals surface area contributed by atoms with E-state index in [0.717, 1.165) is 23.7 Å². The summed E-state index contributed by atoms with van der Waals surface area (Å²) in [6.07, 6.45) is 5.02. The molecule has 3 heterocycles. The molecule has 0 aliphatic carbocycles. The van der Waals surface area contributed by atoms with Crippen LogP contribution in [0.2, 0.25) is 0 Å². The molecular weight excluding hydrogens is 308 g/mol. The van der Waals surface area contributed by atoms with E-state index < -0.39 is 6.10 Å². The van der Waals surface area contributed by atoms with Gasteiger partial charge in [0.25, 0.3) is 0 Å². The van der Waals surface area contributed by atoms with Crippen LogP contribution in [0.25, 0.3) is 0 Å². The fourth-order valence-corrected chi connectivity index (χ4v) is 3.26. The second-order valence-electron chi connectivity index (χ2n) is 6.41. The monoisotopic (exact) mass is 332 g/mol. The van der Waals surface area contributed by atoms with Gasteiger partial charge < -0.3 is 19.1 Å². The number of aliphatic hydroxyl groups is 1. The van der Waals surface area contributed by atoms with Gasteiger partial charge in [-0.3, -0.25) is 4.79 Å². The van der Waals surface area contributed by atoms with E-state index in [0.29, 0.717) is 32.5 Å². The van der Waals surface area contributed by atoms with Crippen molar-refractivity contribution in [2.45, 2.75) is 45.8 Å². The number of likely N-dealkylation sites (tertiary alicyclic amines) is 1. The first kappa shape index (κ1) is 16.7. The molecule has 2 aromatic heterocycles. The van der Waals surface area contributed by atoms with Gasteiger partial charge in [-0.05, 0) is 6.92 Å². The van der Waals surface area contributed by atoms with Gasteiger partial charge in [0.2, 0.25) is 5.91 Å². The molecule has 3 rings (SSSR count). The summed E-state index contributed by atoms with van der Waals surface area (Å²) in [5.74, 6) is 1.82. The van der Waals surface area contributed by atoms with E-state index in [1.54, 1.807) is 11.1 Å². The third-order valence-electron chi connectivity index (χ3n) is 4.58. The highest BCUT2D eigenvalue weighted by molar-refractivity contribution is 5.76. The van der Waals surface area contributed by atoms with E-state index in [9.17, 15) is 9.90 Å². The molecule has 0 unspecified atom stereocenters. The Bertz CT molecular complexity index is 694. The van der Waals surface area contributed by atoms with Crippen molar-refractivity contribution in [3.05, 3.63) is 35.7 Å². The number of aryl methyl sites for hydroxylation is 3. The molecule has 0 saturated carbocycles. The maximum atomic E-state index is 12.4. The SMILES string of the molecule is CCc1nccn1CCC(=O)N1C[C@@H](Cc2cc(C)no2)[C@@H](O)C1. The Labute approximate surface area is 141 Å². The van der Waals surface area contributed by atoms with E-state index in [2.05, 4.69) is 10.1 Å². The molecule has 0 bridgehead atoms. The van der Waals surface area contributed by atoms with Gasteiger partial charge in [-0.15, -0.1) is 0 Å². The number of β-amino-alcohol motifs (C(OH)–C–C–N with tert-alkyl or cyclic N) is 1. The number of amides is 1. The highest BCUT2D eigenvalue weighted by Crippen LogP contribution is 2.22. The highest BCUT2D eigenvalue weighted by atomic mass is 16.5. The number of carbonyl (C=O) groups excluding carboxylic acids is 1. The van der Waals surface area contributed by atoms with Gasteiger partial charge in [-0.25, -0.2) is 4.98 Å². The largest absolute Gasteiger partial charge is 0.391 e. The molecule has 0 aromatic carbocycles. The first-order valence-electron chi connectivity index (χ1n) is 8.45. The second kappa shape index (κ2) is 7.17. The molecule has 24 heavy (non-hydrogen) atoms. The summed E-state index contributed by atoms with van der Waals surface area (Å²) in [5.41, 5.74) is 0.831. The van der Waals surface area contributed by atoms with Crippen LogP contribution in [0.5, 0.6) is 0 Å². The van der Waals surface area contributed by atoms with Gasteiger partial charge in [0.15, 0.2) is 0 Å². The van der Waals surface area contributed by atoms with E-state index in [1.807, 2.05) is 30.7 Å². The number of imidazole rings is 1. The van der Waals surface area contributed by atoms with E-state index in [1.165, 1.54) is 0 Å². The van der Waals surface area contributed by atoms with Crippen molar-refractivity contribution in [3.63, 3.8) is 0 Å². The molecule has 1 amide bonds. The van der Waals surface area contributed by atoms with E-state index in [4.69, 9.17) is 4.52 Å². The first-order valence-corrected chi connectivity index (χ1v) is 8.45. The Balaban J connectivity index is 1.53. The Morgan fingerprint density at radius 1 is 1.46 bits per heavy atom. The maximum Gasteiger partial charge on any atom is 0.224 e. The lowest BCUT2D eigenvalue weighted by Gasteiger charge is -2.16. The summed E-state index contributed by atoms with van der Waals surface area (Å²) in [6, 6.07) is 1.88. The molecule has 2 atom stereocenters. The lowest BCUT2D eigenvalue weighted by atomic mass is 10.0. The second-order valence-corrected chi connectivity index (χ2v) is 6.41. The zero-order valence-electron chi connectivity index (χ0n) is 14.2. The lowest BCUT2D eigenvalue weighted by molar-refractivity contribution is -0.130. The zero-order valence-corrected chi connectivity index (χ0v) is 14.2. The van der Waals surface area contributed by atoms with Gasteiger partial charge in [0.05, 0.1) is 11.8 Å². The van der Waals surface area contributed by atoms with Crippen LogP contribution in [0.1, 0.15) is 30.6 Å². The van der Waals surface area contributed by atoms with Gasteiger partial charge in [-0.2, -0.15) is 0 Å². The van der Waals surface area contributed by atoms with Crippen molar-refractivity contribution >= 4 is 5.91 Å². The van der Waals surface area contributed by atoms with Crippen LogP contribution in [-0.4, -0.2) is 49.8 Å². The van der Waals surface area contributed by atoms with Crippen LogP contribution in [-0.2, 0) is 24.2 Å². The summed E-state index contributed by atoms with van der Waals surface area (Å²) >= 11 is 0. The van der Waals surface area contributed by atoms with Crippen molar-refractivity contribution in [1.82, 2.24) is 19.6 Å². The van der Waals surface area contributed by atoms with Crippen LogP contribution in [0.15, 0.2) is 23.0 Å². The minimum Gasteiger partial charge on any atom is -0.391 e. The van der Waals surface area contributed by atoms with Gasteiger partial charge in [-0.1, -0.05) is 12.1 Å². The normalized spacial score (nSPS) is 20.7. The number of carbonyl (C=O) groups is 1. The number of aliphatic hydroxyl groups excluding tert-OH is 1. The Kier molecular flexibility index (Phi) is 4.99. The fourth-order valence-electron chi connectivity index (χ4n) is 3.26. The molecular formula is C17H24N4O3. The number of rotatable bonds is 6. The zero-order chi connectivity index (χ0) is 17.1. The average Bonchev–Trinajstić information content (AvgIpc) is 3.26. The summed E-state index contributed by atoms with van der Waals surface area (Å²) in [7, 11) is 0. The molecule has 0 spiro atoms. The maximum absolute atomic E-state index is 12.4. The molecule has 1 aliphatic heterocycles. The van der Waals surface area contributed by atoms with E-state index in [-0.39, 0.29) is 11.8 Å². The third kappa shape index (κ3) is 3.67. The Morgan fingerprint density at radius 3 is 3.00 bits per heavy atom. The molecule has 2 aromatic rings. The predicted molar refractivity (Wildman–Crippen MR) is 87.2 cm³/mol. The van der Waals surface area contributed by atoms with Crippen molar-refractivity contribution in [1.29, 1.82) is 0 Å². The van der Waals surface area contributed by atoms with Crippen LogP contribution in [0, 0.1) is 12.8 Å². The molecule has 1 saturated heterocycles. The van der Waals surface area contributed by atoms with Crippen LogP contribution in [0.4, 0.5) is 0 Å². The van der Waals surface area contributed by atoms with Crippen LogP contribution in [0.3, 0.4) is 0 Å². The Hall–Kier alpha value is -2.15. The molecule has 7 nitrogen and oxygen atoms in total. The molecule has 1 aliphatic rings. The third-order valence-corrected chi connectivity index (χ3v) is 4.58. The van der Waals surface area contributed by atoms with Crippen molar-refractivity contribution in [3.8, 4) is 0 Å². The summed E-state index contributed by atoms with van der Waals surface area (Å²) in [4.78, 5) is 18.4. The smallest absolute Gasteiger partial charge is 0.224 e. The Morgan fingerprint density at radius 2 is 2.29 bits per heavy atom. The number of nitrogens with zero attached hydrogens (tertiary/aromatic N) is 4. The number of hydrogen-bond donors (Lipinski definition) is 1. The molecule has 0 radical (unpaired) electrons. The summed E-state index contributed by atoms with van der Waals surface area (Å²) in [6.45, 7) is 5.49. The molecule has 1 fully saturated rings.